The number of hydrogen-bond donors (Lipinski definition) is 2. The predicted molar refractivity (Wildman–Crippen MR) is 154 cm³/mol. The van der Waals surface area contributed by atoms with E-state index in [0.29, 0.717) is 17.8 Å². The van der Waals surface area contributed by atoms with Crippen molar-refractivity contribution >= 4 is 59.9 Å². The third-order valence-corrected chi connectivity index (χ3v) is 9.47. The van der Waals surface area contributed by atoms with Crippen LogP contribution in [0, 0.1) is 6.92 Å². The first-order chi connectivity index (χ1) is 18.3. The standard InChI is InChI=1S/C27H28ClN5O3S2/c1-19-7-12-23(28)25-24(19)30-27(37-25)33-17-15-32(16-18-33)14-13-29-26(34)20-8-10-21(11-9-20)31-38(35,36)22-5-3-2-4-6-22/h2-12,31H,13-18H2,1H3,(H,29,34). The predicted octanol–water partition coefficient (Wildman–Crippen LogP) is 4.61. The number of fused-ring (bicyclic) bond motifs is 1. The van der Waals surface area contributed by atoms with Crippen molar-refractivity contribution in [3.63, 3.8) is 0 Å². The van der Waals surface area contributed by atoms with E-state index >= 15 is 0 Å². The summed E-state index contributed by atoms with van der Waals surface area (Å²) in [6.45, 7) is 6.83. The van der Waals surface area contributed by atoms with Crippen LogP contribution in [-0.2, 0) is 10.0 Å². The summed E-state index contributed by atoms with van der Waals surface area (Å²) in [6.07, 6.45) is 0. The lowest BCUT2D eigenvalue weighted by Crippen LogP contribution is -2.48. The van der Waals surface area contributed by atoms with E-state index in [1.54, 1.807) is 53.8 Å². The molecule has 0 aliphatic carbocycles. The Morgan fingerprint density at radius 1 is 1.00 bits per heavy atom. The Balaban J connectivity index is 1.08. The van der Waals surface area contributed by atoms with Gasteiger partial charge in [0, 0.05) is 50.5 Å². The largest absolute Gasteiger partial charge is 0.351 e. The first kappa shape index (κ1) is 26.4. The second-order valence-electron chi connectivity index (χ2n) is 9.12. The maximum atomic E-state index is 12.6. The molecule has 0 unspecified atom stereocenters. The van der Waals surface area contributed by atoms with Gasteiger partial charge < -0.3 is 10.2 Å². The Labute approximate surface area is 231 Å². The number of hydrogen-bond acceptors (Lipinski definition) is 7. The average Bonchev–Trinajstić information content (AvgIpc) is 3.39. The van der Waals surface area contributed by atoms with Gasteiger partial charge in [-0.05, 0) is 55.0 Å². The summed E-state index contributed by atoms with van der Waals surface area (Å²) in [7, 11) is -3.67. The van der Waals surface area contributed by atoms with E-state index in [9.17, 15) is 13.2 Å². The quantitative estimate of drug-likeness (QED) is 0.322. The fourth-order valence-electron chi connectivity index (χ4n) is 4.32. The van der Waals surface area contributed by atoms with Gasteiger partial charge in [0.1, 0.15) is 0 Å². The smallest absolute Gasteiger partial charge is 0.261 e. The molecule has 38 heavy (non-hydrogen) atoms. The highest BCUT2D eigenvalue weighted by Crippen LogP contribution is 2.35. The molecule has 1 fully saturated rings. The molecule has 0 radical (unpaired) electrons. The van der Waals surface area contributed by atoms with E-state index in [1.807, 2.05) is 12.1 Å². The molecular formula is C27H28ClN5O3S2. The lowest BCUT2D eigenvalue weighted by Gasteiger charge is -2.34. The summed E-state index contributed by atoms with van der Waals surface area (Å²) in [6, 6.07) is 18.5. The number of nitrogens with zero attached hydrogens (tertiary/aromatic N) is 3. The van der Waals surface area contributed by atoms with E-state index in [1.165, 1.54) is 12.1 Å². The van der Waals surface area contributed by atoms with Crippen molar-refractivity contribution in [1.82, 2.24) is 15.2 Å². The summed E-state index contributed by atoms with van der Waals surface area (Å²) in [5, 5.41) is 4.70. The molecule has 2 heterocycles. The average molecular weight is 570 g/mol. The van der Waals surface area contributed by atoms with Crippen LogP contribution in [0.4, 0.5) is 10.8 Å². The molecule has 0 spiro atoms. The van der Waals surface area contributed by atoms with Crippen LogP contribution in [0.25, 0.3) is 10.2 Å². The van der Waals surface area contributed by atoms with Crippen LogP contribution < -0.4 is 14.9 Å². The van der Waals surface area contributed by atoms with Crippen molar-refractivity contribution in [3.8, 4) is 0 Å². The summed E-state index contributed by atoms with van der Waals surface area (Å²) < 4.78 is 28.5. The summed E-state index contributed by atoms with van der Waals surface area (Å²) in [4.78, 5) is 22.2. The highest BCUT2D eigenvalue weighted by atomic mass is 35.5. The number of aryl methyl sites for hydroxylation is 1. The van der Waals surface area contributed by atoms with Gasteiger partial charge in [-0.1, -0.05) is 47.2 Å². The van der Waals surface area contributed by atoms with E-state index in [-0.39, 0.29) is 10.8 Å². The number of rotatable bonds is 8. The van der Waals surface area contributed by atoms with Crippen LogP contribution in [0.5, 0.6) is 0 Å². The molecule has 2 N–H and O–H groups in total. The summed E-state index contributed by atoms with van der Waals surface area (Å²) in [5.41, 5.74) is 2.98. The molecule has 0 atom stereocenters. The second kappa shape index (κ2) is 11.3. The number of anilines is 2. The molecule has 8 nitrogen and oxygen atoms in total. The van der Waals surface area contributed by atoms with Gasteiger partial charge in [0.05, 0.1) is 20.1 Å². The topological polar surface area (TPSA) is 94.6 Å². The van der Waals surface area contributed by atoms with Crippen LogP contribution in [0.2, 0.25) is 5.02 Å². The zero-order valence-corrected chi connectivity index (χ0v) is 23.2. The van der Waals surface area contributed by atoms with Gasteiger partial charge in [0.15, 0.2) is 5.13 Å². The third kappa shape index (κ3) is 5.94. The van der Waals surface area contributed by atoms with E-state index < -0.39 is 10.0 Å². The number of piperazine rings is 1. The molecule has 5 rings (SSSR count). The highest BCUT2D eigenvalue weighted by Gasteiger charge is 2.21. The Hall–Kier alpha value is -3.18. The number of carbonyl (C=O) groups excluding carboxylic acids is 1. The number of benzene rings is 3. The lowest BCUT2D eigenvalue weighted by atomic mass is 10.2. The SMILES string of the molecule is Cc1ccc(Cl)c2sc(N3CCN(CCNC(=O)c4ccc(NS(=O)(=O)c5ccccc5)cc4)CC3)nc12. The van der Waals surface area contributed by atoms with Gasteiger partial charge in [0.25, 0.3) is 15.9 Å². The van der Waals surface area contributed by atoms with Crippen molar-refractivity contribution < 1.29 is 13.2 Å². The molecule has 1 aliphatic heterocycles. The third-order valence-electron chi connectivity index (χ3n) is 6.50. The minimum atomic E-state index is -3.67. The summed E-state index contributed by atoms with van der Waals surface area (Å²) >= 11 is 8.01. The number of thiazole rings is 1. The maximum absolute atomic E-state index is 12.6. The molecule has 11 heteroatoms. The molecule has 3 aromatic carbocycles. The molecule has 1 saturated heterocycles. The van der Waals surface area contributed by atoms with Gasteiger partial charge in [-0.3, -0.25) is 14.4 Å². The number of halogens is 1. The zero-order chi connectivity index (χ0) is 26.7. The van der Waals surface area contributed by atoms with Gasteiger partial charge >= 0.3 is 0 Å². The van der Waals surface area contributed by atoms with E-state index in [4.69, 9.17) is 16.6 Å². The Morgan fingerprint density at radius 2 is 1.71 bits per heavy atom. The monoisotopic (exact) mass is 569 g/mol. The Morgan fingerprint density at radius 3 is 2.39 bits per heavy atom. The minimum absolute atomic E-state index is 0.183. The summed E-state index contributed by atoms with van der Waals surface area (Å²) in [5.74, 6) is -0.192. The van der Waals surface area contributed by atoms with Gasteiger partial charge in [-0.2, -0.15) is 0 Å². The van der Waals surface area contributed by atoms with Crippen molar-refractivity contribution in [2.75, 3.05) is 48.9 Å². The van der Waals surface area contributed by atoms with Crippen molar-refractivity contribution in [2.45, 2.75) is 11.8 Å². The fourth-order valence-corrected chi connectivity index (χ4v) is 6.77. The van der Waals surface area contributed by atoms with Gasteiger partial charge in [-0.15, -0.1) is 0 Å². The first-order valence-corrected chi connectivity index (χ1v) is 15.0. The first-order valence-electron chi connectivity index (χ1n) is 12.3. The van der Waals surface area contributed by atoms with Gasteiger partial charge in [-0.25, -0.2) is 13.4 Å². The number of carbonyl (C=O) groups is 1. The zero-order valence-electron chi connectivity index (χ0n) is 20.9. The number of sulfonamides is 1. The molecule has 1 aromatic heterocycles. The fraction of sp³-hybridized carbons (Fsp3) is 0.259. The molecule has 0 saturated carbocycles. The number of nitrogens with one attached hydrogen (secondary N) is 2. The highest BCUT2D eigenvalue weighted by molar-refractivity contribution is 7.92. The minimum Gasteiger partial charge on any atom is -0.351 e. The van der Waals surface area contributed by atoms with Crippen LogP contribution in [0.1, 0.15) is 15.9 Å². The van der Waals surface area contributed by atoms with Crippen molar-refractivity contribution in [2.24, 2.45) is 0 Å². The second-order valence-corrected chi connectivity index (χ2v) is 12.2. The Bertz CT molecular complexity index is 1500. The van der Waals surface area contributed by atoms with Gasteiger partial charge in [0.2, 0.25) is 0 Å². The van der Waals surface area contributed by atoms with Crippen molar-refractivity contribution in [3.05, 3.63) is 82.9 Å². The van der Waals surface area contributed by atoms with Crippen LogP contribution >= 0.6 is 22.9 Å². The Kier molecular flexibility index (Phi) is 7.85. The molecule has 1 amide bonds. The number of amides is 1. The van der Waals surface area contributed by atoms with Crippen molar-refractivity contribution in [1.29, 1.82) is 0 Å². The normalized spacial score (nSPS) is 14.5. The van der Waals surface area contributed by atoms with E-state index in [0.717, 1.165) is 58.7 Å². The van der Waals surface area contributed by atoms with Crippen LogP contribution in [0.15, 0.2) is 71.6 Å². The maximum Gasteiger partial charge on any atom is 0.261 e. The molecule has 0 bridgehead atoms. The molecule has 198 valence electrons. The van der Waals surface area contributed by atoms with E-state index in [2.05, 4.69) is 26.8 Å². The number of aromatic nitrogens is 1. The van der Waals surface area contributed by atoms with Crippen LogP contribution in [0.3, 0.4) is 0 Å². The molecule has 1 aliphatic rings. The molecular weight excluding hydrogens is 542 g/mol. The lowest BCUT2D eigenvalue weighted by molar-refractivity contribution is 0.0948. The molecule has 4 aromatic rings. The van der Waals surface area contributed by atoms with Crippen LogP contribution in [-0.4, -0.2) is 63.5 Å².